The number of methoxy groups -OCH3 is 1. The van der Waals surface area contributed by atoms with Gasteiger partial charge >= 0.3 is 11.9 Å². The fourth-order valence-electron chi connectivity index (χ4n) is 1.01. The van der Waals surface area contributed by atoms with Crippen LogP contribution in [-0.2, 0) is 9.53 Å². The van der Waals surface area contributed by atoms with Crippen LogP contribution in [-0.4, -0.2) is 19.0 Å². The smallest absolute Gasteiger partial charge is 0.341 e. The van der Waals surface area contributed by atoms with Gasteiger partial charge < -0.3 is 9.47 Å². The second kappa shape index (κ2) is 4.79. The lowest BCUT2D eigenvalue weighted by molar-refractivity contribution is -0.131. The van der Waals surface area contributed by atoms with Crippen LogP contribution in [0.3, 0.4) is 0 Å². The maximum absolute atomic E-state index is 11.3. The van der Waals surface area contributed by atoms with Crippen LogP contribution in [0.4, 0.5) is 0 Å². The molecule has 0 bridgehead atoms. The maximum Gasteiger partial charge on any atom is 0.341 e. The second-order valence-electron chi connectivity index (χ2n) is 2.73. The number of benzene rings is 1. The van der Waals surface area contributed by atoms with Gasteiger partial charge in [0.25, 0.3) is 0 Å². The summed E-state index contributed by atoms with van der Waals surface area (Å²) in [5.74, 6) is -1.01. The van der Waals surface area contributed by atoms with Gasteiger partial charge in [0.1, 0.15) is 11.3 Å². The first kappa shape index (κ1) is 11.5. The van der Waals surface area contributed by atoms with E-state index in [1.54, 1.807) is 0 Å². The van der Waals surface area contributed by atoms with Crippen LogP contribution < -0.4 is 4.74 Å². The average Bonchev–Trinajstić information content (AvgIpc) is 2.16. The van der Waals surface area contributed by atoms with E-state index in [1.165, 1.54) is 32.2 Å². The van der Waals surface area contributed by atoms with Crippen molar-refractivity contribution in [1.29, 1.82) is 0 Å². The first-order valence-electron chi connectivity index (χ1n) is 4.11. The van der Waals surface area contributed by atoms with E-state index in [4.69, 9.17) is 16.3 Å². The topological polar surface area (TPSA) is 52.6 Å². The standard InChI is InChI=1S/C10H9ClO4/c1-6(12)15-9-5-7(11)3-4-8(9)10(13)14-2/h3-5H,1-2H3. The third kappa shape index (κ3) is 2.95. The lowest BCUT2D eigenvalue weighted by Gasteiger charge is -2.07. The molecule has 0 N–H and O–H groups in total. The highest BCUT2D eigenvalue weighted by Gasteiger charge is 2.14. The molecule has 0 aliphatic heterocycles. The van der Waals surface area contributed by atoms with Crippen LogP contribution in [0, 0.1) is 0 Å². The molecule has 0 saturated heterocycles. The molecule has 0 saturated carbocycles. The van der Waals surface area contributed by atoms with Crippen molar-refractivity contribution in [1.82, 2.24) is 0 Å². The minimum absolute atomic E-state index is 0.0989. The predicted octanol–water partition coefficient (Wildman–Crippen LogP) is 2.05. The van der Waals surface area contributed by atoms with E-state index in [0.717, 1.165) is 0 Å². The van der Waals surface area contributed by atoms with Crippen LogP contribution in [0.2, 0.25) is 5.02 Å². The first-order chi connectivity index (χ1) is 7.04. The summed E-state index contributed by atoms with van der Waals surface area (Å²) in [6.45, 7) is 1.24. The van der Waals surface area contributed by atoms with Crippen molar-refractivity contribution in [2.24, 2.45) is 0 Å². The predicted molar refractivity (Wildman–Crippen MR) is 54.1 cm³/mol. The Kier molecular flexibility index (Phi) is 3.68. The third-order valence-electron chi connectivity index (χ3n) is 1.60. The molecule has 0 aliphatic carbocycles. The van der Waals surface area contributed by atoms with E-state index >= 15 is 0 Å². The number of ether oxygens (including phenoxy) is 2. The Bertz CT molecular complexity index is 400. The molecule has 5 heteroatoms. The summed E-state index contributed by atoms with van der Waals surface area (Å²) in [5, 5.41) is 0.374. The molecule has 80 valence electrons. The van der Waals surface area contributed by atoms with E-state index in [0.29, 0.717) is 5.02 Å². The summed E-state index contributed by atoms with van der Waals surface area (Å²) in [5.41, 5.74) is 0.164. The van der Waals surface area contributed by atoms with Gasteiger partial charge in [-0.2, -0.15) is 0 Å². The average molecular weight is 229 g/mol. The Labute approximate surface area is 91.7 Å². The van der Waals surface area contributed by atoms with Crippen molar-refractivity contribution in [2.75, 3.05) is 7.11 Å². The van der Waals surface area contributed by atoms with Gasteiger partial charge in [-0.15, -0.1) is 0 Å². The maximum atomic E-state index is 11.3. The Morgan fingerprint density at radius 3 is 2.53 bits per heavy atom. The van der Waals surface area contributed by atoms with Gasteiger partial charge in [0, 0.05) is 18.0 Å². The van der Waals surface area contributed by atoms with Gasteiger partial charge in [-0.3, -0.25) is 4.79 Å². The van der Waals surface area contributed by atoms with Gasteiger partial charge in [0.2, 0.25) is 0 Å². The van der Waals surface area contributed by atoms with Crippen molar-refractivity contribution in [3.05, 3.63) is 28.8 Å². The van der Waals surface area contributed by atoms with E-state index in [1.807, 2.05) is 0 Å². The largest absolute Gasteiger partial charge is 0.465 e. The Hall–Kier alpha value is -1.55. The first-order valence-corrected chi connectivity index (χ1v) is 4.48. The Morgan fingerprint density at radius 1 is 1.33 bits per heavy atom. The fourth-order valence-corrected chi connectivity index (χ4v) is 1.18. The number of hydrogen-bond donors (Lipinski definition) is 0. The summed E-state index contributed by atoms with van der Waals surface area (Å²) in [6.07, 6.45) is 0. The second-order valence-corrected chi connectivity index (χ2v) is 3.16. The van der Waals surface area contributed by atoms with Gasteiger partial charge in [0.05, 0.1) is 7.11 Å². The Balaban J connectivity index is 3.13. The number of carbonyl (C=O) groups is 2. The van der Waals surface area contributed by atoms with E-state index < -0.39 is 11.9 Å². The minimum atomic E-state index is -0.581. The zero-order valence-corrected chi connectivity index (χ0v) is 9.00. The molecule has 0 unspecified atom stereocenters. The Morgan fingerprint density at radius 2 is 2.00 bits per heavy atom. The molecule has 0 aliphatic rings. The number of hydrogen-bond acceptors (Lipinski definition) is 4. The van der Waals surface area contributed by atoms with Crippen molar-refractivity contribution in [3.63, 3.8) is 0 Å². The van der Waals surface area contributed by atoms with Gasteiger partial charge in [0.15, 0.2) is 0 Å². The summed E-state index contributed by atoms with van der Waals surface area (Å²) < 4.78 is 9.35. The molecule has 0 amide bonds. The van der Waals surface area contributed by atoms with Crippen LogP contribution in [0.25, 0.3) is 0 Å². The SMILES string of the molecule is COC(=O)c1ccc(Cl)cc1OC(C)=O. The molecule has 0 fully saturated rings. The molecular formula is C10H9ClO4. The van der Waals surface area contributed by atoms with Gasteiger partial charge in [-0.25, -0.2) is 4.79 Å². The van der Waals surface area contributed by atoms with E-state index in [2.05, 4.69) is 4.74 Å². The molecule has 0 atom stereocenters. The third-order valence-corrected chi connectivity index (χ3v) is 1.84. The molecule has 1 rings (SSSR count). The van der Waals surface area contributed by atoms with Crippen LogP contribution in [0.1, 0.15) is 17.3 Å². The van der Waals surface area contributed by atoms with Crippen molar-refractivity contribution >= 4 is 23.5 Å². The molecule has 4 nitrogen and oxygen atoms in total. The zero-order chi connectivity index (χ0) is 11.4. The zero-order valence-electron chi connectivity index (χ0n) is 8.24. The van der Waals surface area contributed by atoms with Gasteiger partial charge in [-0.1, -0.05) is 11.6 Å². The van der Waals surface area contributed by atoms with Crippen LogP contribution in [0.15, 0.2) is 18.2 Å². The highest BCUT2D eigenvalue weighted by Crippen LogP contribution is 2.24. The number of carbonyl (C=O) groups excluding carboxylic acids is 2. The lowest BCUT2D eigenvalue weighted by atomic mass is 10.2. The molecule has 0 heterocycles. The normalized spacial score (nSPS) is 9.53. The molecule has 1 aromatic carbocycles. The number of halogens is 1. The highest BCUT2D eigenvalue weighted by molar-refractivity contribution is 6.30. The summed E-state index contributed by atoms with van der Waals surface area (Å²) >= 11 is 5.70. The molecule has 0 spiro atoms. The number of rotatable bonds is 2. The fraction of sp³-hybridized carbons (Fsp3) is 0.200. The van der Waals surface area contributed by atoms with Crippen LogP contribution >= 0.6 is 11.6 Å². The van der Waals surface area contributed by atoms with Crippen LogP contribution in [0.5, 0.6) is 5.75 Å². The van der Waals surface area contributed by atoms with Crippen molar-refractivity contribution in [2.45, 2.75) is 6.92 Å². The molecular weight excluding hydrogens is 220 g/mol. The summed E-state index contributed by atoms with van der Waals surface area (Å²) in [6, 6.07) is 4.34. The molecule has 1 aromatic rings. The lowest BCUT2D eigenvalue weighted by Crippen LogP contribution is -2.08. The van der Waals surface area contributed by atoms with Gasteiger partial charge in [-0.05, 0) is 12.1 Å². The minimum Gasteiger partial charge on any atom is -0.465 e. The quantitative estimate of drug-likeness (QED) is 0.574. The van der Waals surface area contributed by atoms with Crippen molar-refractivity contribution in [3.8, 4) is 5.75 Å². The van der Waals surface area contributed by atoms with Crippen molar-refractivity contribution < 1.29 is 19.1 Å². The number of esters is 2. The molecule has 15 heavy (non-hydrogen) atoms. The monoisotopic (exact) mass is 228 g/mol. The summed E-state index contributed by atoms with van der Waals surface area (Å²) in [7, 11) is 1.24. The molecule has 0 radical (unpaired) electrons. The highest BCUT2D eigenvalue weighted by atomic mass is 35.5. The molecule has 0 aromatic heterocycles. The van der Waals surface area contributed by atoms with E-state index in [9.17, 15) is 9.59 Å². The summed E-state index contributed by atoms with van der Waals surface area (Å²) in [4.78, 5) is 22.0. The van der Waals surface area contributed by atoms with E-state index in [-0.39, 0.29) is 11.3 Å².